The van der Waals surface area contributed by atoms with Gasteiger partial charge in [-0.2, -0.15) is 0 Å². The number of carboxylic acids is 1. The molecule has 1 aromatic carbocycles. The van der Waals surface area contributed by atoms with Gasteiger partial charge in [0, 0.05) is 6.07 Å². The average Bonchev–Trinajstić information content (AvgIpc) is 2.37. The maximum atomic E-state index is 11.2. The van der Waals surface area contributed by atoms with E-state index >= 15 is 0 Å². The number of rotatable bonds is 6. The number of carboxylic acid groups (broad SMARTS) is 1. The molecule has 114 valence electrons. The molecular formula is C13H15NO7. The van der Waals surface area contributed by atoms with Crippen LogP contribution in [0.25, 0.3) is 0 Å². The average molecular weight is 297 g/mol. The Balaban J connectivity index is 3.19. The third-order valence-electron chi connectivity index (χ3n) is 2.68. The van der Waals surface area contributed by atoms with Crippen molar-refractivity contribution < 1.29 is 29.1 Å². The molecule has 0 radical (unpaired) electrons. The Bertz CT molecular complexity index is 580. The molecule has 0 unspecified atom stereocenters. The molecule has 0 aromatic heterocycles. The van der Waals surface area contributed by atoms with Crippen LogP contribution in [0.5, 0.6) is 5.75 Å². The van der Waals surface area contributed by atoms with E-state index in [-0.39, 0.29) is 17.9 Å². The number of benzene rings is 1. The van der Waals surface area contributed by atoms with Gasteiger partial charge in [-0.25, -0.2) is 4.79 Å². The largest absolute Gasteiger partial charge is 0.478 e. The van der Waals surface area contributed by atoms with E-state index in [9.17, 15) is 19.7 Å². The number of hydrogen-bond donors (Lipinski definition) is 1. The predicted octanol–water partition coefficient (Wildman–Crippen LogP) is 1.55. The topological polar surface area (TPSA) is 116 Å². The van der Waals surface area contributed by atoms with Crippen LogP contribution in [0, 0.1) is 10.1 Å². The van der Waals surface area contributed by atoms with Gasteiger partial charge in [0.25, 0.3) is 0 Å². The first-order valence-corrected chi connectivity index (χ1v) is 5.94. The Morgan fingerprint density at radius 2 is 2.00 bits per heavy atom. The summed E-state index contributed by atoms with van der Waals surface area (Å²) >= 11 is 0. The highest BCUT2D eigenvalue weighted by molar-refractivity contribution is 5.77. The minimum Gasteiger partial charge on any atom is -0.478 e. The lowest BCUT2D eigenvalue weighted by molar-refractivity contribution is -0.386. The summed E-state index contributed by atoms with van der Waals surface area (Å²) < 4.78 is 9.72. The Kier molecular flexibility index (Phi) is 4.85. The first-order valence-electron chi connectivity index (χ1n) is 5.94. The number of aliphatic carboxylic acids is 1. The third-order valence-corrected chi connectivity index (χ3v) is 2.68. The number of carbonyl (C=O) groups excluding carboxylic acids is 1. The molecule has 8 heteroatoms. The van der Waals surface area contributed by atoms with Crippen molar-refractivity contribution >= 4 is 17.6 Å². The Labute approximate surface area is 120 Å². The van der Waals surface area contributed by atoms with Gasteiger partial charge in [0.15, 0.2) is 11.4 Å². The Morgan fingerprint density at radius 1 is 1.38 bits per heavy atom. The number of nitrogens with zero attached hydrogens (tertiary/aromatic N) is 1. The summed E-state index contributed by atoms with van der Waals surface area (Å²) in [5.74, 6) is -2.00. The zero-order valence-electron chi connectivity index (χ0n) is 11.8. The van der Waals surface area contributed by atoms with Gasteiger partial charge in [0.05, 0.1) is 18.5 Å². The van der Waals surface area contributed by atoms with Crippen molar-refractivity contribution in [1.29, 1.82) is 0 Å². The van der Waals surface area contributed by atoms with Gasteiger partial charge in [-0.3, -0.25) is 14.9 Å². The molecule has 0 spiro atoms. The second kappa shape index (κ2) is 6.21. The Morgan fingerprint density at radius 3 is 2.48 bits per heavy atom. The van der Waals surface area contributed by atoms with Crippen LogP contribution < -0.4 is 4.74 Å². The SMILES string of the molecule is COC(=O)Cc1ccc([N+](=O)[O-])c(OC(C)(C)C(=O)O)c1. The van der Waals surface area contributed by atoms with Gasteiger partial charge in [-0.15, -0.1) is 0 Å². The molecule has 0 saturated carbocycles. The van der Waals surface area contributed by atoms with Crippen LogP contribution in [-0.4, -0.2) is 34.7 Å². The summed E-state index contributed by atoms with van der Waals surface area (Å²) in [6, 6.07) is 3.81. The number of ether oxygens (including phenoxy) is 2. The summed E-state index contributed by atoms with van der Waals surface area (Å²) in [6.45, 7) is 2.54. The number of hydrogen-bond acceptors (Lipinski definition) is 6. The number of nitro benzene ring substituents is 1. The van der Waals surface area contributed by atoms with E-state index in [0.717, 1.165) is 6.07 Å². The van der Waals surface area contributed by atoms with Crippen LogP contribution in [0.15, 0.2) is 18.2 Å². The molecule has 0 bridgehead atoms. The molecule has 0 aliphatic carbocycles. The van der Waals surface area contributed by atoms with Gasteiger partial charge in [-0.1, -0.05) is 6.07 Å². The van der Waals surface area contributed by atoms with Crippen LogP contribution in [0.1, 0.15) is 19.4 Å². The van der Waals surface area contributed by atoms with E-state index in [1.54, 1.807) is 0 Å². The molecule has 1 aromatic rings. The summed E-state index contributed by atoms with van der Waals surface area (Å²) in [4.78, 5) is 32.5. The number of esters is 1. The fourth-order valence-corrected chi connectivity index (χ4v) is 1.46. The molecule has 0 heterocycles. The molecule has 0 aliphatic heterocycles. The van der Waals surface area contributed by atoms with Crippen molar-refractivity contribution in [2.75, 3.05) is 7.11 Å². The maximum absolute atomic E-state index is 11.2. The molecular weight excluding hydrogens is 282 g/mol. The lowest BCUT2D eigenvalue weighted by atomic mass is 10.1. The van der Waals surface area contributed by atoms with Crippen molar-refractivity contribution in [3.05, 3.63) is 33.9 Å². The smallest absolute Gasteiger partial charge is 0.347 e. The second-order valence-electron chi connectivity index (χ2n) is 4.73. The number of carbonyl (C=O) groups is 2. The zero-order chi connectivity index (χ0) is 16.2. The third kappa shape index (κ3) is 4.16. The number of methoxy groups -OCH3 is 1. The molecule has 0 atom stereocenters. The van der Waals surface area contributed by atoms with E-state index in [4.69, 9.17) is 9.84 Å². The quantitative estimate of drug-likeness (QED) is 0.481. The summed E-state index contributed by atoms with van der Waals surface area (Å²) in [5, 5.41) is 20.0. The van der Waals surface area contributed by atoms with Gasteiger partial charge in [-0.05, 0) is 25.5 Å². The molecule has 0 aliphatic rings. The summed E-state index contributed by atoms with van der Waals surface area (Å²) in [5.41, 5.74) is -1.60. The van der Waals surface area contributed by atoms with E-state index < -0.39 is 22.5 Å². The fraction of sp³-hybridized carbons (Fsp3) is 0.385. The van der Waals surface area contributed by atoms with Crippen LogP contribution in [0.3, 0.4) is 0 Å². The lowest BCUT2D eigenvalue weighted by Crippen LogP contribution is -2.38. The van der Waals surface area contributed by atoms with Crippen molar-refractivity contribution in [2.24, 2.45) is 0 Å². The van der Waals surface area contributed by atoms with Crippen LogP contribution in [0.2, 0.25) is 0 Å². The van der Waals surface area contributed by atoms with E-state index in [0.29, 0.717) is 5.56 Å². The first-order chi connectivity index (χ1) is 9.67. The van der Waals surface area contributed by atoms with Gasteiger partial charge >= 0.3 is 17.6 Å². The van der Waals surface area contributed by atoms with Gasteiger partial charge in [0.2, 0.25) is 0 Å². The van der Waals surface area contributed by atoms with Crippen molar-refractivity contribution in [2.45, 2.75) is 25.9 Å². The van der Waals surface area contributed by atoms with E-state index in [2.05, 4.69) is 4.74 Å². The monoisotopic (exact) mass is 297 g/mol. The van der Waals surface area contributed by atoms with E-state index in [1.165, 1.54) is 33.1 Å². The molecule has 8 nitrogen and oxygen atoms in total. The van der Waals surface area contributed by atoms with Crippen molar-refractivity contribution in [3.8, 4) is 5.75 Å². The predicted molar refractivity (Wildman–Crippen MR) is 71.2 cm³/mol. The normalized spacial score (nSPS) is 10.8. The molecule has 0 amide bonds. The minimum absolute atomic E-state index is 0.0989. The maximum Gasteiger partial charge on any atom is 0.347 e. The molecule has 1 rings (SSSR count). The van der Waals surface area contributed by atoms with Crippen LogP contribution >= 0.6 is 0 Å². The highest BCUT2D eigenvalue weighted by Crippen LogP contribution is 2.31. The van der Waals surface area contributed by atoms with Crippen molar-refractivity contribution in [1.82, 2.24) is 0 Å². The summed E-state index contributed by atoms with van der Waals surface area (Å²) in [6.07, 6.45) is -0.0989. The fourth-order valence-electron chi connectivity index (χ4n) is 1.46. The van der Waals surface area contributed by atoms with Gasteiger partial charge in [0.1, 0.15) is 0 Å². The van der Waals surface area contributed by atoms with Crippen LogP contribution in [0.4, 0.5) is 5.69 Å². The molecule has 0 saturated heterocycles. The Hall–Kier alpha value is -2.64. The second-order valence-corrected chi connectivity index (χ2v) is 4.73. The lowest BCUT2D eigenvalue weighted by Gasteiger charge is -2.21. The standard InChI is InChI=1S/C13H15NO7/c1-13(2,12(16)17)21-10-6-8(7-11(15)20-3)4-5-9(10)14(18)19/h4-6H,7H2,1-3H3,(H,16,17). The zero-order valence-corrected chi connectivity index (χ0v) is 11.8. The number of nitro groups is 1. The summed E-state index contributed by atoms with van der Waals surface area (Å²) in [7, 11) is 1.22. The molecule has 1 N–H and O–H groups in total. The molecule has 0 fully saturated rings. The van der Waals surface area contributed by atoms with Crippen molar-refractivity contribution in [3.63, 3.8) is 0 Å². The highest BCUT2D eigenvalue weighted by Gasteiger charge is 2.32. The minimum atomic E-state index is -1.64. The highest BCUT2D eigenvalue weighted by atomic mass is 16.6. The van der Waals surface area contributed by atoms with Crippen LogP contribution in [-0.2, 0) is 20.7 Å². The first kappa shape index (κ1) is 16.4. The van der Waals surface area contributed by atoms with Gasteiger partial charge < -0.3 is 14.6 Å². The van der Waals surface area contributed by atoms with E-state index in [1.807, 2.05) is 0 Å². The molecule has 21 heavy (non-hydrogen) atoms.